The molecule has 1 heterocycles. The summed E-state index contributed by atoms with van der Waals surface area (Å²) in [5.41, 5.74) is 0.279. The Morgan fingerprint density at radius 2 is 2.31 bits per heavy atom. The molecule has 0 bridgehead atoms. The highest BCUT2D eigenvalue weighted by molar-refractivity contribution is 5.73. The third kappa shape index (κ3) is 1.13. The molecule has 1 aromatic carbocycles. The molecule has 0 aliphatic carbocycles. The third-order valence-corrected chi connectivity index (χ3v) is 1.78. The van der Waals surface area contributed by atoms with E-state index in [0.717, 1.165) is 0 Å². The monoisotopic (exact) mass is 183 g/mol. The van der Waals surface area contributed by atoms with Crippen molar-refractivity contribution in [1.29, 1.82) is 0 Å². The van der Waals surface area contributed by atoms with Crippen molar-refractivity contribution < 1.29 is 13.9 Å². The number of fused-ring (bicyclic) bond motifs is 1. The average molecular weight is 183 g/mol. The van der Waals surface area contributed by atoms with Gasteiger partial charge in [-0.2, -0.15) is 0 Å². The number of nitrogens with one attached hydrogen (secondary N) is 1. The molecule has 2 rings (SSSR count). The zero-order valence-corrected chi connectivity index (χ0v) is 6.50. The molecule has 0 spiro atoms. The van der Waals surface area contributed by atoms with Crippen molar-refractivity contribution in [3.8, 4) is 0 Å². The molecule has 0 radical (unpaired) electrons. The molecule has 2 N–H and O–H groups in total. The van der Waals surface area contributed by atoms with Gasteiger partial charge in [-0.15, -0.1) is 0 Å². The predicted octanol–water partition coefficient (Wildman–Crippen LogP) is 0.752. The predicted molar refractivity (Wildman–Crippen MR) is 42.7 cm³/mol. The largest absolute Gasteiger partial charge is 0.417 e. The van der Waals surface area contributed by atoms with Crippen LogP contribution in [0.4, 0.5) is 4.39 Å². The summed E-state index contributed by atoms with van der Waals surface area (Å²) in [6.45, 7) is -0.408. The second kappa shape index (κ2) is 2.70. The summed E-state index contributed by atoms with van der Waals surface area (Å²) in [5, 5.41) is 8.72. The van der Waals surface area contributed by atoms with Gasteiger partial charge in [0.1, 0.15) is 5.52 Å². The van der Waals surface area contributed by atoms with Gasteiger partial charge >= 0.3 is 5.76 Å². The number of aromatic amines is 1. The first kappa shape index (κ1) is 8.00. The van der Waals surface area contributed by atoms with E-state index >= 15 is 0 Å². The minimum absolute atomic E-state index is 0.00319. The van der Waals surface area contributed by atoms with Gasteiger partial charge in [0.05, 0.1) is 6.61 Å². The molecule has 5 heteroatoms. The van der Waals surface area contributed by atoms with Gasteiger partial charge in [0.15, 0.2) is 11.4 Å². The Morgan fingerprint density at radius 3 is 3.00 bits per heavy atom. The molecule has 1 aromatic heterocycles. The molecule has 0 saturated carbocycles. The standard InChI is InChI=1S/C8H6FNO3/c9-6-4(3-11)1-2-5-7(6)10-8(12)13-5/h1-2,11H,3H2,(H,10,12). The lowest BCUT2D eigenvalue weighted by Crippen LogP contribution is -1.95. The molecule has 0 saturated heterocycles. The van der Waals surface area contributed by atoms with Gasteiger partial charge in [0, 0.05) is 5.56 Å². The number of rotatable bonds is 1. The molecule has 0 atom stereocenters. The number of aliphatic hydroxyl groups is 1. The van der Waals surface area contributed by atoms with Crippen LogP contribution in [0.3, 0.4) is 0 Å². The minimum Gasteiger partial charge on any atom is -0.408 e. The first-order valence-electron chi connectivity index (χ1n) is 3.63. The Kier molecular flexibility index (Phi) is 1.66. The highest BCUT2D eigenvalue weighted by Gasteiger charge is 2.10. The van der Waals surface area contributed by atoms with E-state index in [0.29, 0.717) is 0 Å². The fraction of sp³-hybridized carbons (Fsp3) is 0.125. The summed E-state index contributed by atoms with van der Waals surface area (Å²) in [6.07, 6.45) is 0. The van der Waals surface area contributed by atoms with Crippen LogP contribution in [0.15, 0.2) is 21.3 Å². The topological polar surface area (TPSA) is 66.2 Å². The number of oxazole rings is 1. The lowest BCUT2D eigenvalue weighted by Gasteiger charge is -1.97. The molecule has 2 aromatic rings. The van der Waals surface area contributed by atoms with Crippen LogP contribution in [-0.4, -0.2) is 10.1 Å². The van der Waals surface area contributed by atoms with Crippen LogP contribution >= 0.6 is 0 Å². The zero-order valence-electron chi connectivity index (χ0n) is 6.50. The Bertz CT molecular complexity index is 500. The summed E-state index contributed by atoms with van der Waals surface area (Å²) in [7, 11) is 0. The van der Waals surface area contributed by atoms with E-state index in [2.05, 4.69) is 9.40 Å². The fourth-order valence-electron chi connectivity index (χ4n) is 1.15. The minimum atomic E-state index is -0.705. The van der Waals surface area contributed by atoms with E-state index in [9.17, 15) is 9.18 Å². The lowest BCUT2D eigenvalue weighted by molar-refractivity contribution is 0.276. The van der Waals surface area contributed by atoms with Crippen LogP contribution in [0.25, 0.3) is 11.1 Å². The number of H-pyrrole nitrogens is 1. The van der Waals surface area contributed by atoms with Gasteiger partial charge in [-0.25, -0.2) is 9.18 Å². The number of aromatic nitrogens is 1. The molecule has 0 aliphatic heterocycles. The van der Waals surface area contributed by atoms with Crippen LogP contribution < -0.4 is 5.76 Å². The van der Waals surface area contributed by atoms with Gasteiger partial charge in [-0.05, 0) is 12.1 Å². The normalized spacial score (nSPS) is 10.9. The SMILES string of the molecule is O=c1[nH]c2c(F)c(CO)ccc2o1. The number of halogens is 1. The first-order valence-corrected chi connectivity index (χ1v) is 3.63. The lowest BCUT2D eigenvalue weighted by atomic mass is 10.2. The van der Waals surface area contributed by atoms with Crippen LogP contribution in [0.5, 0.6) is 0 Å². The second-order valence-electron chi connectivity index (χ2n) is 2.58. The smallest absolute Gasteiger partial charge is 0.408 e. The summed E-state index contributed by atoms with van der Waals surface area (Å²) in [4.78, 5) is 12.9. The average Bonchev–Trinajstić information content (AvgIpc) is 2.47. The van der Waals surface area contributed by atoms with Crippen LogP contribution in [-0.2, 0) is 6.61 Å². The van der Waals surface area contributed by atoms with Crippen LogP contribution in [0.1, 0.15) is 5.56 Å². The Balaban J connectivity index is 2.85. The van der Waals surface area contributed by atoms with Crippen LogP contribution in [0.2, 0.25) is 0 Å². The molecular formula is C8H6FNO3. The summed E-state index contributed by atoms with van der Waals surface area (Å²) >= 11 is 0. The van der Waals surface area contributed by atoms with Crippen molar-refractivity contribution in [2.75, 3.05) is 0 Å². The van der Waals surface area contributed by atoms with Gasteiger partial charge in [0.25, 0.3) is 0 Å². The molecule has 13 heavy (non-hydrogen) atoms. The fourth-order valence-corrected chi connectivity index (χ4v) is 1.15. The Hall–Kier alpha value is -1.62. The number of aliphatic hydroxyl groups excluding tert-OH is 1. The third-order valence-electron chi connectivity index (χ3n) is 1.78. The summed E-state index contributed by atoms with van der Waals surface area (Å²) in [5.74, 6) is -1.35. The van der Waals surface area contributed by atoms with E-state index in [1.165, 1.54) is 12.1 Å². The molecule has 0 amide bonds. The van der Waals surface area contributed by atoms with E-state index in [-0.39, 0.29) is 16.7 Å². The maximum absolute atomic E-state index is 13.3. The van der Waals surface area contributed by atoms with Crippen LogP contribution in [0, 0.1) is 5.82 Å². The number of hydrogen-bond acceptors (Lipinski definition) is 3. The molecule has 4 nitrogen and oxygen atoms in total. The Morgan fingerprint density at radius 1 is 1.54 bits per heavy atom. The van der Waals surface area contributed by atoms with Crippen molar-refractivity contribution in [2.45, 2.75) is 6.61 Å². The highest BCUT2D eigenvalue weighted by atomic mass is 19.1. The maximum atomic E-state index is 13.3. The van der Waals surface area contributed by atoms with Crippen molar-refractivity contribution >= 4 is 11.1 Å². The molecular weight excluding hydrogens is 177 g/mol. The number of hydrogen-bond donors (Lipinski definition) is 2. The summed E-state index contributed by atoms with van der Waals surface area (Å²) in [6, 6.07) is 2.80. The number of benzene rings is 1. The quantitative estimate of drug-likeness (QED) is 0.685. The van der Waals surface area contributed by atoms with Crippen molar-refractivity contribution in [1.82, 2.24) is 4.98 Å². The molecule has 0 aliphatic rings. The summed E-state index contributed by atoms with van der Waals surface area (Å²) < 4.78 is 17.9. The molecule has 0 fully saturated rings. The van der Waals surface area contributed by atoms with Gasteiger partial charge in [0.2, 0.25) is 0 Å². The Labute approximate surface area is 71.6 Å². The van der Waals surface area contributed by atoms with Crippen molar-refractivity contribution in [3.05, 3.63) is 34.1 Å². The van der Waals surface area contributed by atoms with E-state index in [4.69, 9.17) is 5.11 Å². The van der Waals surface area contributed by atoms with Gasteiger partial charge < -0.3 is 9.52 Å². The van der Waals surface area contributed by atoms with E-state index < -0.39 is 18.2 Å². The van der Waals surface area contributed by atoms with E-state index in [1.54, 1.807) is 0 Å². The first-order chi connectivity index (χ1) is 6.22. The van der Waals surface area contributed by atoms with Gasteiger partial charge in [-0.3, -0.25) is 4.98 Å². The maximum Gasteiger partial charge on any atom is 0.417 e. The zero-order chi connectivity index (χ0) is 9.42. The molecule has 68 valence electrons. The van der Waals surface area contributed by atoms with Crippen molar-refractivity contribution in [2.24, 2.45) is 0 Å². The van der Waals surface area contributed by atoms with E-state index in [1.807, 2.05) is 0 Å². The van der Waals surface area contributed by atoms with Crippen molar-refractivity contribution in [3.63, 3.8) is 0 Å². The second-order valence-corrected chi connectivity index (χ2v) is 2.58. The van der Waals surface area contributed by atoms with Gasteiger partial charge in [-0.1, -0.05) is 0 Å². The molecule has 0 unspecified atom stereocenters. The highest BCUT2D eigenvalue weighted by Crippen LogP contribution is 2.17.